The monoisotopic (exact) mass is 369 g/mol. The van der Waals surface area contributed by atoms with Gasteiger partial charge in [-0.25, -0.2) is 9.67 Å². The molecule has 144 valence electrons. The first kappa shape index (κ1) is 18.9. The number of amides is 1. The topological polar surface area (TPSA) is 96.2 Å². The molecule has 8 heteroatoms. The molecule has 0 radical (unpaired) electrons. The third-order valence-corrected chi connectivity index (χ3v) is 4.65. The number of carbonyl (C=O) groups is 1. The SMILES string of the molecule is CN=C(NCCc1cccc(C(=O)NC)c1)NC1CCc2nc(C)nn2C1. The van der Waals surface area contributed by atoms with Gasteiger partial charge in [0.2, 0.25) is 0 Å². The number of aromatic nitrogens is 3. The molecule has 0 saturated heterocycles. The maximum absolute atomic E-state index is 11.7. The summed E-state index contributed by atoms with van der Waals surface area (Å²) in [5, 5.41) is 13.9. The fourth-order valence-corrected chi connectivity index (χ4v) is 3.28. The highest BCUT2D eigenvalue weighted by Gasteiger charge is 2.21. The van der Waals surface area contributed by atoms with E-state index in [4.69, 9.17) is 0 Å². The van der Waals surface area contributed by atoms with Crippen molar-refractivity contribution in [2.24, 2.45) is 4.99 Å². The number of fused-ring (bicyclic) bond motifs is 1. The van der Waals surface area contributed by atoms with Gasteiger partial charge < -0.3 is 16.0 Å². The molecule has 0 bridgehead atoms. The van der Waals surface area contributed by atoms with Crippen molar-refractivity contribution in [1.29, 1.82) is 0 Å². The molecule has 1 atom stereocenters. The van der Waals surface area contributed by atoms with Crippen LogP contribution in [0.4, 0.5) is 0 Å². The zero-order valence-corrected chi connectivity index (χ0v) is 16.1. The van der Waals surface area contributed by atoms with Crippen molar-refractivity contribution in [3.63, 3.8) is 0 Å². The summed E-state index contributed by atoms with van der Waals surface area (Å²) in [5.74, 6) is 2.60. The molecule has 8 nitrogen and oxygen atoms in total. The molecular formula is C19H27N7O. The smallest absolute Gasteiger partial charge is 0.251 e. The Morgan fingerprint density at radius 2 is 2.26 bits per heavy atom. The number of aliphatic imine (C=N–C) groups is 1. The summed E-state index contributed by atoms with van der Waals surface area (Å²) in [4.78, 5) is 20.5. The first-order chi connectivity index (χ1) is 13.1. The molecule has 1 aromatic carbocycles. The summed E-state index contributed by atoms with van der Waals surface area (Å²) in [7, 11) is 3.41. The molecular weight excluding hydrogens is 342 g/mol. The number of hydrogen-bond donors (Lipinski definition) is 3. The van der Waals surface area contributed by atoms with E-state index in [0.29, 0.717) is 5.56 Å². The molecule has 1 amide bonds. The predicted octanol–water partition coefficient (Wildman–Crippen LogP) is 0.669. The number of nitrogens with zero attached hydrogens (tertiary/aromatic N) is 4. The van der Waals surface area contributed by atoms with Crippen LogP contribution in [0.2, 0.25) is 0 Å². The molecule has 2 heterocycles. The zero-order valence-electron chi connectivity index (χ0n) is 16.1. The van der Waals surface area contributed by atoms with Gasteiger partial charge in [0.15, 0.2) is 5.96 Å². The molecule has 0 saturated carbocycles. The van der Waals surface area contributed by atoms with Gasteiger partial charge in [-0.2, -0.15) is 5.10 Å². The zero-order chi connectivity index (χ0) is 19.2. The maximum Gasteiger partial charge on any atom is 0.251 e. The second-order valence-electron chi connectivity index (χ2n) is 6.67. The molecule has 0 fully saturated rings. The minimum Gasteiger partial charge on any atom is -0.356 e. The lowest BCUT2D eigenvalue weighted by atomic mass is 10.1. The van der Waals surface area contributed by atoms with Crippen LogP contribution in [0.25, 0.3) is 0 Å². The second-order valence-corrected chi connectivity index (χ2v) is 6.67. The van der Waals surface area contributed by atoms with Crippen LogP contribution in [0, 0.1) is 6.92 Å². The molecule has 2 aromatic rings. The van der Waals surface area contributed by atoms with E-state index in [1.807, 2.05) is 35.9 Å². The minimum atomic E-state index is -0.0673. The second kappa shape index (κ2) is 8.66. The van der Waals surface area contributed by atoms with Gasteiger partial charge in [-0.3, -0.25) is 9.79 Å². The van der Waals surface area contributed by atoms with Gasteiger partial charge in [0.05, 0.1) is 6.54 Å². The van der Waals surface area contributed by atoms with E-state index in [-0.39, 0.29) is 11.9 Å². The molecule has 3 rings (SSSR count). The van der Waals surface area contributed by atoms with Gasteiger partial charge in [0.1, 0.15) is 11.6 Å². The standard InChI is InChI=1S/C19H27N7O/c1-13-23-17-8-7-16(12-26(17)25-13)24-19(21-3)22-10-9-14-5-4-6-15(11-14)18(27)20-2/h4-6,11,16H,7-10,12H2,1-3H3,(H,20,27)(H2,21,22,24). The van der Waals surface area contributed by atoms with E-state index in [9.17, 15) is 4.79 Å². The highest BCUT2D eigenvalue weighted by molar-refractivity contribution is 5.94. The van der Waals surface area contributed by atoms with Crippen LogP contribution < -0.4 is 16.0 Å². The van der Waals surface area contributed by atoms with Crippen LogP contribution in [0.5, 0.6) is 0 Å². The van der Waals surface area contributed by atoms with E-state index >= 15 is 0 Å². The molecule has 0 spiro atoms. The van der Waals surface area contributed by atoms with Crippen LogP contribution in [-0.4, -0.2) is 53.3 Å². The number of aryl methyl sites for hydroxylation is 2. The molecule has 1 aliphatic heterocycles. The van der Waals surface area contributed by atoms with Crippen LogP contribution in [0.1, 0.15) is 34.0 Å². The van der Waals surface area contributed by atoms with Crippen LogP contribution in [-0.2, 0) is 19.4 Å². The van der Waals surface area contributed by atoms with Gasteiger partial charge in [0.25, 0.3) is 5.91 Å². The summed E-state index contributed by atoms with van der Waals surface area (Å²) in [6.07, 6.45) is 2.73. The third-order valence-electron chi connectivity index (χ3n) is 4.65. The summed E-state index contributed by atoms with van der Waals surface area (Å²) in [6.45, 7) is 3.45. The van der Waals surface area contributed by atoms with Crippen molar-refractivity contribution < 1.29 is 4.79 Å². The van der Waals surface area contributed by atoms with Crippen molar-refractivity contribution in [2.45, 2.75) is 38.8 Å². The Balaban J connectivity index is 1.49. The van der Waals surface area contributed by atoms with Gasteiger partial charge in [-0.05, 0) is 37.5 Å². The van der Waals surface area contributed by atoms with Crippen molar-refractivity contribution in [2.75, 3.05) is 20.6 Å². The number of nitrogens with one attached hydrogen (secondary N) is 3. The van der Waals surface area contributed by atoms with E-state index in [1.165, 1.54) is 0 Å². The van der Waals surface area contributed by atoms with Crippen molar-refractivity contribution in [1.82, 2.24) is 30.7 Å². The van der Waals surface area contributed by atoms with Crippen LogP contribution in [0.3, 0.4) is 0 Å². The Morgan fingerprint density at radius 3 is 3.04 bits per heavy atom. The van der Waals surface area contributed by atoms with Gasteiger partial charge in [0, 0.05) is 38.7 Å². The summed E-state index contributed by atoms with van der Waals surface area (Å²) >= 11 is 0. The number of hydrogen-bond acceptors (Lipinski definition) is 4. The molecule has 1 unspecified atom stereocenters. The lowest BCUT2D eigenvalue weighted by Gasteiger charge is -2.25. The van der Waals surface area contributed by atoms with Crippen molar-refractivity contribution >= 4 is 11.9 Å². The fraction of sp³-hybridized carbons (Fsp3) is 0.474. The largest absolute Gasteiger partial charge is 0.356 e. The maximum atomic E-state index is 11.7. The van der Waals surface area contributed by atoms with E-state index < -0.39 is 0 Å². The number of guanidine groups is 1. The Bertz CT molecular complexity index is 827. The van der Waals surface area contributed by atoms with Crippen molar-refractivity contribution in [3.8, 4) is 0 Å². The first-order valence-electron chi connectivity index (χ1n) is 9.27. The lowest BCUT2D eigenvalue weighted by molar-refractivity contribution is 0.0963. The normalized spacial score (nSPS) is 16.6. The van der Waals surface area contributed by atoms with Crippen LogP contribution in [0.15, 0.2) is 29.3 Å². The highest BCUT2D eigenvalue weighted by Crippen LogP contribution is 2.12. The Kier molecular flexibility index (Phi) is 6.05. The quantitative estimate of drug-likeness (QED) is 0.532. The van der Waals surface area contributed by atoms with E-state index in [0.717, 1.165) is 55.5 Å². The highest BCUT2D eigenvalue weighted by atomic mass is 16.1. The first-order valence-corrected chi connectivity index (χ1v) is 9.27. The van der Waals surface area contributed by atoms with Gasteiger partial charge in [-0.15, -0.1) is 0 Å². The molecule has 3 N–H and O–H groups in total. The minimum absolute atomic E-state index is 0.0673. The van der Waals surface area contributed by atoms with Crippen molar-refractivity contribution in [3.05, 3.63) is 47.0 Å². The molecule has 0 aliphatic carbocycles. The Morgan fingerprint density at radius 1 is 1.41 bits per heavy atom. The number of benzene rings is 1. The third kappa shape index (κ3) is 4.84. The Labute approximate surface area is 159 Å². The molecule has 27 heavy (non-hydrogen) atoms. The molecule has 1 aromatic heterocycles. The molecule has 1 aliphatic rings. The van der Waals surface area contributed by atoms with E-state index in [1.54, 1.807) is 14.1 Å². The summed E-state index contributed by atoms with van der Waals surface area (Å²) in [5.41, 5.74) is 1.79. The summed E-state index contributed by atoms with van der Waals surface area (Å²) in [6, 6.07) is 7.96. The fourth-order valence-electron chi connectivity index (χ4n) is 3.28. The predicted molar refractivity (Wildman–Crippen MR) is 105 cm³/mol. The average Bonchev–Trinajstić information content (AvgIpc) is 3.06. The average molecular weight is 369 g/mol. The number of rotatable bonds is 5. The van der Waals surface area contributed by atoms with Gasteiger partial charge >= 0.3 is 0 Å². The number of carbonyl (C=O) groups excluding carboxylic acids is 1. The Hall–Kier alpha value is -2.90. The lowest BCUT2D eigenvalue weighted by Crippen LogP contribution is -2.47. The van der Waals surface area contributed by atoms with E-state index in [2.05, 4.69) is 31.0 Å². The van der Waals surface area contributed by atoms with Crippen LogP contribution >= 0.6 is 0 Å². The summed E-state index contributed by atoms with van der Waals surface area (Å²) < 4.78 is 1.98. The van der Waals surface area contributed by atoms with Gasteiger partial charge in [-0.1, -0.05) is 12.1 Å².